The SMILES string of the molecule is CCC(C(=O)Nc1nnc(-c2ccc(C)cc2)s1)N(c1cc(C)cc(C)c1)S(C)(=O)=O. The molecular weight excluding hydrogens is 432 g/mol. The third-order valence-electron chi connectivity index (χ3n) is 4.74. The number of carbonyl (C=O) groups is 1. The fraction of sp³-hybridized carbons (Fsp3) is 0.318. The number of nitrogens with one attached hydrogen (secondary N) is 1. The Hall–Kier alpha value is -2.78. The van der Waals surface area contributed by atoms with E-state index in [1.54, 1.807) is 19.1 Å². The molecule has 2 aromatic carbocycles. The summed E-state index contributed by atoms with van der Waals surface area (Å²) in [6.45, 7) is 7.57. The minimum atomic E-state index is -3.70. The van der Waals surface area contributed by atoms with Gasteiger partial charge in [0.15, 0.2) is 0 Å². The van der Waals surface area contributed by atoms with Crippen molar-refractivity contribution in [1.82, 2.24) is 10.2 Å². The van der Waals surface area contributed by atoms with Crippen LogP contribution in [0, 0.1) is 20.8 Å². The fourth-order valence-corrected chi connectivity index (χ4v) is 5.36. The van der Waals surface area contributed by atoms with E-state index in [1.807, 2.05) is 51.1 Å². The normalized spacial score (nSPS) is 12.4. The van der Waals surface area contributed by atoms with Crippen LogP contribution < -0.4 is 9.62 Å². The van der Waals surface area contributed by atoms with Crippen LogP contribution in [0.25, 0.3) is 10.6 Å². The Balaban J connectivity index is 1.88. The summed E-state index contributed by atoms with van der Waals surface area (Å²) in [6, 6.07) is 12.4. The number of hydrogen-bond acceptors (Lipinski definition) is 6. The first-order valence-electron chi connectivity index (χ1n) is 9.87. The predicted octanol–water partition coefficient (Wildman–Crippen LogP) is 4.31. The van der Waals surface area contributed by atoms with Gasteiger partial charge in [-0.05, 0) is 50.5 Å². The molecule has 0 spiro atoms. The lowest BCUT2D eigenvalue weighted by Crippen LogP contribution is -2.47. The molecule has 0 fully saturated rings. The van der Waals surface area contributed by atoms with Crippen molar-refractivity contribution >= 4 is 38.1 Å². The van der Waals surface area contributed by atoms with Gasteiger partial charge in [0.05, 0.1) is 11.9 Å². The fourth-order valence-electron chi connectivity index (χ4n) is 3.41. The molecule has 1 unspecified atom stereocenters. The summed E-state index contributed by atoms with van der Waals surface area (Å²) in [5.74, 6) is -0.446. The van der Waals surface area contributed by atoms with Crippen LogP contribution in [0.2, 0.25) is 0 Å². The molecule has 1 atom stereocenters. The highest BCUT2D eigenvalue weighted by molar-refractivity contribution is 7.92. The lowest BCUT2D eigenvalue weighted by molar-refractivity contribution is -0.117. The predicted molar refractivity (Wildman–Crippen MR) is 126 cm³/mol. The number of benzene rings is 2. The van der Waals surface area contributed by atoms with Gasteiger partial charge in [-0.2, -0.15) is 0 Å². The molecule has 0 aliphatic heterocycles. The molecule has 3 rings (SSSR count). The first-order valence-corrected chi connectivity index (χ1v) is 12.5. The maximum absolute atomic E-state index is 13.1. The van der Waals surface area contributed by atoms with Gasteiger partial charge >= 0.3 is 0 Å². The quantitative estimate of drug-likeness (QED) is 0.569. The van der Waals surface area contributed by atoms with E-state index in [-0.39, 0.29) is 0 Å². The summed E-state index contributed by atoms with van der Waals surface area (Å²) in [4.78, 5) is 13.1. The molecule has 1 amide bonds. The van der Waals surface area contributed by atoms with E-state index in [4.69, 9.17) is 0 Å². The number of rotatable bonds is 7. The second-order valence-corrected chi connectivity index (χ2v) is 10.4. The number of aromatic nitrogens is 2. The molecule has 0 aliphatic rings. The van der Waals surface area contributed by atoms with Crippen molar-refractivity contribution in [2.45, 2.75) is 40.2 Å². The number of nitrogens with zero attached hydrogens (tertiary/aromatic N) is 3. The Labute approximate surface area is 187 Å². The van der Waals surface area contributed by atoms with E-state index in [0.717, 1.165) is 28.5 Å². The van der Waals surface area contributed by atoms with E-state index in [9.17, 15) is 13.2 Å². The Bertz CT molecular complexity index is 1170. The molecule has 0 bridgehead atoms. The van der Waals surface area contributed by atoms with Crippen LogP contribution in [0.5, 0.6) is 0 Å². The number of anilines is 2. The van der Waals surface area contributed by atoms with Gasteiger partial charge in [-0.15, -0.1) is 10.2 Å². The largest absolute Gasteiger partial charge is 0.299 e. The standard InChI is InChI=1S/C22H26N4O3S2/c1-6-19(26(31(5,28)29)18-12-15(3)11-16(4)13-18)20(27)23-22-25-24-21(30-22)17-9-7-14(2)8-10-17/h7-13,19H,6H2,1-5H3,(H,23,25,27). The first kappa shape index (κ1) is 22.9. The van der Waals surface area contributed by atoms with Gasteiger partial charge < -0.3 is 0 Å². The summed E-state index contributed by atoms with van der Waals surface area (Å²) in [7, 11) is -3.70. The Morgan fingerprint density at radius 3 is 2.19 bits per heavy atom. The monoisotopic (exact) mass is 458 g/mol. The van der Waals surface area contributed by atoms with Crippen LogP contribution >= 0.6 is 11.3 Å². The molecular formula is C22H26N4O3S2. The molecule has 1 N–H and O–H groups in total. The highest BCUT2D eigenvalue weighted by Gasteiger charge is 2.32. The molecule has 1 aromatic heterocycles. The van der Waals surface area contributed by atoms with Crippen molar-refractivity contribution in [2.75, 3.05) is 15.9 Å². The second-order valence-electron chi connectivity index (χ2n) is 7.60. The summed E-state index contributed by atoms with van der Waals surface area (Å²) in [5.41, 5.74) is 4.36. The maximum atomic E-state index is 13.1. The maximum Gasteiger partial charge on any atom is 0.250 e. The summed E-state index contributed by atoms with van der Waals surface area (Å²) < 4.78 is 26.5. The molecule has 1 heterocycles. The topological polar surface area (TPSA) is 92.3 Å². The van der Waals surface area contributed by atoms with Crippen molar-refractivity contribution in [3.8, 4) is 10.6 Å². The zero-order valence-electron chi connectivity index (χ0n) is 18.2. The smallest absolute Gasteiger partial charge is 0.250 e. The van der Waals surface area contributed by atoms with E-state index in [0.29, 0.717) is 22.2 Å². The lowest BCUT2D eigenvalue weighted by atomic mass is 10.1. The molecule has 0 aliphatic carbocycles. The highest BCUT2D eigenvalue weighted by Crippen LogP contribution is 2.28. The molecule has 31 heavy (non-hydrogen) atoms. The third kappa shape index (κ3) is 5.48. The van der Waals surface area contributed by atoms with Crippen LogP contribution in [0.4, 0.5) is 10.8 Å². The average Bonchev–Trinajstić information content (AvgIpc) is 3.13. The molecule has 3 aromatic rings. The zero-order valence-corrected chi connectivity index (χ0v) is 19.8. The van der Waals surface area contributed by atoms with Crippen LogP contribution in [-0.2, 0) is 14.8 Å². The van der Waals surface area contributed by atoms with Gasteiger partial charge in [-0.1, -0.05) is 54.2 Å². The van der Waals surface area contributed by atoms with Crippen LogP contribution in [0.15, 0.2) is 42.5 Å². The molecule has 7 nitrogen and oxygen atoms in total. The van der Waals surface area contributed by atoms with Crippen molar-refractivity contribution < 1.29 is 13.2 Å². The van der Waals surface area contributed by atoms with Gasteiger partial charge in [0, 0.05) is 5.56 Å². The molecule has 9 heteroatoms. The van der Waals surface area contributed by atoms with E-state index >= 15 is 0 Å². The van der Waals surface area contributed by atoms with E-state index in [2.05, 4.69) is 15.5 Å². The molecule has 164 valence electrons. The number of amides is 1. The lowest BCUT2D eigenvalue weighted by Gasteiger charge is -2.30. The van der Waals surface area contributed by atoms with Gasteiger partial charge in [0.2, 0.25) is 21.1 Å². The second kappa shape index (κ2) is 9.15. The average molecular weight is 459 g/mol. The summed E-state index contributed by atoms with van der Waals surface area (Å²) in [5, 5.41) is 12.0. The Morgan fingerprint density at radius 1 is 1.03 bits per heavy atom. The van der Waals surface area contributed by atoms with Gasteiger partial charge in [-0.3, -0.25) is 14.4 Å². The Morgan fingerprint density at radius 2 is 1.65 bits per heavy atom. The van der Waals surface area contributed by atoms with Gasteiger partial charge in [-0.25, -0.2) is 8.42 Å². The summed E-state index contributed by atoms with van der Waals surface area (Å²) in [6.07, 6.45) is 1.41. The minimum absolute atomic E-state index is 0.301. The summed E-state index contributed by atoms with van der Waals surface area (Å²) >= 11 is 1.25. The first-order chi connectivity index (χ1) is 14.6. The van der Waals surface area contributed by atoms with Crippen LogP contribution in [0.1, 0.15) is 30.0 Å². The zero-order chi connectivity index (χ0) is 22.8. The van der Waals surface area contributed by atoms with E-state index in [1.165, 1.54) is 15.6 Å². The molecule has 0 saturated carbocycles. The van der Waals surface area contributed by atoms with E-state index < -0.39 is 22.0 Å². The number of hydrogen-bond donors (Lipinski definition) is 1. The minimum Gasteiger partial charge on any atom is -0.299 e. The highest BCUT2D eigenvalue weighted by atomic mass is 32.2. The Kier molecular flexibility index (Phi) is 6.76. The van der Waals surface area contributed by atoms with Crippen molar-refractivity contribution in [3.63, 3.8) is 0 Å². The number of carbonyl (C=O) groups excluding carboxylic acids is 1. The van der Waals surface area contributed by atoms with Gasteiger partial charge in [0.1, 0.15) is 11.0 Å². The van der Waals surface area contributed by atoms with Crippen molar-refractivity contribution in [2.24, 2.45) is 0 Å². The van der Waals surface area contributed by atoms with Crippen LogP contribution in [-0.4, -0.2) is 36.8 Å². The molecule has 0 radical (unpaired) electrons. The van der Waals surface area contributed by atoms with Gasteiger partial charge in [0.25, 0.3) is 0 Å². The van der Waals surface area contributed by atoms with Crippen molar-refractivity contribution in [1.29, 1.82) is 0 Å². The third-order valence-corrected chi connectivity index (χ3v) is 6.81. The van der Waals surface area contributed by atoms with Crippen molar-refractivity contribution in [3.05, 3.63) is 59.2 Å². The van der Waals surface area contributed by atoms with Crippen LogP contribution in [0.3, 0.4) is 0 Å². The number of sulfonamides is 1. The number of aryl methyl sites for hydroxylation is 3. The molecule has 0 saturated heterocycles.